The summed E-state index contributed by atoms with van der Waals surface area (Å²) >= 11 is 0. The molecule has 1 saturated carbocycles. The molecule has 124 valence electrons. The predicted octanol–water partition coefficient (Wildman–Crippen LogP) is 4.62. The number of carbonyl (C=O) groups excluding carboxylic acids is 1. The van der Waals surface area contributed by atoms with E-state index >= 15 is 0 Å². The van der Waals surface area contributed by atoms with Gasteiger partial charge in [0.2, 0.25) is 5.91 Å². The van der Waals surface area contributed by atoms with Gasteiger partial charge in [0.05, 0.1) is 11.9 Å². The van der Waals surface area contributed by atoms with Crippen LogP contribution in [0.15, 0.2) is 55.3 Å². The van der Waals surface area contributed by atoms with Gasteiger partial charge in [-0.25, -0.2) is 4.98 Å². The number of rotatable bonds is 5. The Morgan fingerprint density at radius 3 is 2.62 bits per heavy atom. The SMILES string of the molecule is C=CC(=O)Nc1cnc(NC2CCCCC2)c(-c2ccccc2)c1. The number of amides is 1. The fraction of sp³-hybridized carbons (Fsp3) is 0.300. The molecule has 4 heteroatoms. The van der Waals surface area contributed by atoms with Gasteiger partial charge in [0.1, 0.15) is 5.82 Å². The Bertz CT molecular complexity index is 706. The number of nitrogens with zero attached hydrogens (tertiary/aromatic N) is 1. The van der Waals surface area contributed by atoms with Crippen molar-refractivity contribution >= 4 is 17.4 Å². The summed E-state index contributed by atoms with van der Waals surface area (Å²) in [7, 11) is 0. The van der Waals surface area contributed by atoms with Crippen molar-refractivity contribution < 1.29 is 4.79 Å². The average Bonchev–Trinajstić information content (AvgIpc) is 2.64. The maximum atomic E-state index is 11.6. The number of carbonyl (C=O) groups is 1. The third-order valence-electron chi connectivity index (χ3n) is 4.37. The fourth-order valence-corrected chi connectivity index (χ4v) is 3.12. The third-order valence-corrected chi connectivity index (χ3v) is 4.37. The number of hydrogen-bond donors (Lipinski definition) is 2. The highest BCUT2D eigenvalue weighted by molar-refractivity contribution is 5.99. The molecule has 24 heavy (non-hydrogen) atoms. The molecule has 1 fully saturated rings. The lowest BCUT2D eigenvalue weighted by Gasteiger charge is -2.24. The highest BCUT2D eigenvalue weighted by Gasteiger charge is 2.16. The van der Waals surface area contributed by atoms with Crippen molar-refractivity contribution in [2.24, 2.45) is 0 Å². The highest BCUT2D eigenvalue weighted by Crippen LogP contribution is 2.31. The second-order valence-corrected chi connectivity index (χ2v) is 6.16. The molecule has 0 bridgehead atoms. The molecule has 0 spiro atoms. The molecule has 1 heterocycles. The first kappa shape index (κ1) is 16.2. The van der Waals surface area contributed by atoms with E-state index in [-0.39, 0.29) is 5.91 Å². The van der Waals surface area contributed by atoms with Crippen LogP contribution in [0, 0.1) is 0 Å². The lowest BCUT2D eigenvalue weighted by atomic mass is 9.95. The number of aromatic nitrogens is 1. The first-order valence-electron chi connectivity index (χ1n) is 8.51. The van der Waals surface area contributed by atoms with Crippen molar-refractivity contribution in [2.75, 3.05) is 10.6 Å². The molecule has 3 rings (SSSR count). The first-order chi connectivity index (χ1) is 11.8. The third kappa shape index (κ3) is 4.02. The van der Waals surface area contributed by atoms with Gasteiger partial charge in [-0.05, 0) is 30.5 Å². The van der Waals surface area contributed by atoms with Crippen LogP contribution in [0.3, 0.4) is 0 Å². The van der Waals surface area contributed by atoms with Crippen LogP contribution in [0.25, 0.3) is 11.1 Å². The van der Waals surface area contributed by atoms with Crippen LogP contribution in [0.5, 0.6) is 0 Å². The average molecular weight is 321 g/mol. The second-order valence-electron chi connectivity index (χ2n) is 6.16. The smallest absolute Gasteiger partial charge is 0.247 e. The van der Waals surface area contributed by atoms with Crippen LogP contribution >= 0.6 is 0 Å². The number of benzene rings is 1. The monoisotopic (exact) mass is 321 g/mol. The fourth-order valence-electron chi connectivity index (χ4n) is 3.12. The van der Waals surface area contributed by atoms with Crippen LogP contribution in [-0.4, -0.2) is 16.9 Å². The number of nitrogens with one attached hydrogen (secondary N) is 2. The van der Waals surface area contributed by atoms with Crippen molar-refractivity contribution in [3.8, 4) is 11.1 Å². The summed E-state index contributed by atoms with van der Waals surface area (Å²) in [6.07, 6.45) is 9.19. The van der Waals surface area contributed by atoms with Gasteiger partial charge in [-0.15, -0.1) is 0 Å². The molecule has 0 atom stereocenters. The molecule has 1 aliphatic carbocycles. The predicted molar refractivity (Wildman–Crippen MR) is 99.0 cm³/mol. The van der Waals surface area contributed by atoms with Crippen molar-refractivity contribution in [3.05, 3.63) is 55.3 Å². The van der Waals surface area contributed by atoms with Gasteiger partial charge in [0.25, 0.3) is 0 Å². The Balaban J connectivity index is 1.91. The Labute approximate surface area is 143 Å². The topological polar surface area (TPSA) is 54.0 Å². The van der Waals surface area contributed by atoms with Gasteiger partial charge in [-0.2, -0.15) is 0 Å². The van der Waals surface area contributed by atoms with Crippen LogP contribution in [0.4, 0.5) is 11.5 Å². The summed E-state index contributed by atoms with van der Waals surface area (Å²) in [5, 5.41) is 6.38. The minimum atomic E-state index is -0.233. The zero-order chi connectivity index (χ0) is 16.8. The Morgan fingerprint density at radius 1 is 1.17 bits per heavy atom. The molecule has 0 aliphatic heterocycles. The van der Waals surface area contributed by atoms with E-state index in [1.165, 1.54) is 38.2 Å². The molecule has 2 aromatic rings. The summed E-state index contributed by atoms with van der Waals surface area (Å²) in [6.45, 7) is 3.49. The van der Waals surface area contributed by atoms with E-state index in [1.807, 2.05) is 24.3 Å². The van der Waals surface area contributed by atoms with Crippen molar-refractivity contribution in [3.63, 3.8) is 0 Å². The lowest BCUT2D eigenvalue weighted by molar-refractivity contribution is -0.111. The quantitative estimate of drug-likeness (QED) is 0.790. The normalized spacial score (nSPS) is 14.8. The van der Waals surface area contributed by atoms with Crippen molar-refractivity contribution in [1.82, 2.24) is 4.98 Å². The lowest BCUT2D eigenvalue weighted by Crippen LogP contribution is -2.23. The summed E-state index contributed by atoms with van der Waals surface area (Å²) < 4.78 is 0. The zero-order valence-electron chi connectivity index (χ0n) is 13.8. The summed E-state index contributed by atoms with van der Waals surface area (Å²) in [6, 6.07) is 12.6. The van der Waals surface area contributed by atoms with Gasteiger partial charge < -0.3 is 10.6 Å². The van der Waals surface area contributed by atoms with E-state index < -0.39 is 0 Å². The minimum Gasteiger partial charge on any atom is -0.367 e. The molecule has 1 aromatic carbocycles. The highest BCUT2D eigenvalue weighted by atomic mass is 16.1. The second kappa shape index (κ2) is 7.77. The number of anilines is 2. The van der Waals surface area contributed by atoms with Gasteiger partial charge in [-0.3, -0.25) is 4.79 Å². The molecule has 1 aliphatic rings. The van der Waals surface area contributed by atoms with Gasteiger partial charge >= 0.3 is 0 Å². The summed E-state index contributed by atoms with van der Waals surface area (Å²) in [5.41, 5.74) is 2.76. The van der Waals surface area contributed by atoms with Gasteiger partial charge in [-0.1, -0.05) is 56.2 Å². The molecule has 0 radical (unpaired) electrons. The zero-order valence-corrected chi connectivity index (χ0v) is 13.8. The molecule has 4 nitrogen and oxygen atoms in total. The summed E-state index contributed by atoms with van der Waals surface area (Å²) in [5.74, 6) is 0.647. The Kier molecular flexibility index (Phi) is 5.26. The van der Waals surface area contributed by atoms with Crippen LogP contribution in [-0.2, 0) is 4.79 Å². The molecular weight excluding hydrogens is 298 g/mol. The van der Waals surface area contributed by atoms with Crippen LogP contribution in [0.2, 0.25) is 0 Å². The van der Waals surface area contributed by atoms with Crippen LogP contribution in [0.1, 0.15) is 32.1 Å². The van der Waals surface area contributed by atoms with Gasteiger partial charge in [0, 0.05) is 11.6 Å². The molecule has 0 saturated heterocycles. The van der Waals surface area contributed by atoms with E-state index in [0.717, 1.165) is 16.9 Å². The van der Waals surface area contributed by atoms with Crippen molar-refractivity contribution in [1.29, 1.82) is 0 Å². The maximum Gasteiger partial charge on any atom is 0.247 e. The van der Waals surface area contributed by atoms with Crippen LogP contribution < -0.4 is 10.6 Å². The largest absolute Gasteiger partial charge is 0.367 e. The molecule has 2 N–H and O–H groups in total. The Morgan fingerprint density at radius 2 is 1.92 bits per heavy atom. The molecule has 0 unspecified atom stereocenters. The van der Waals surface area contributed by atoms with E-state index in [4.69, 9.17) is 0 Å². The summed E-state index contributed by atoms with van der Waals surface area (Å²) in [4.78, 5) is 16.1. The van der Waals surface area contributed by atoms with E-state index in [1.54, 1.807) is 6.20 Å². The van der Waals surface area contributed by atoms with E-state index in [9.17, 15) is 4.79 Å². The van der Waals surface area contributed by atoms with Crippen molar-refractivity contribution in [2.45, 2.75) is 38.1 Å². The molecular formula is C20H23N3O. The minimum absolute atomic E-state index is 0.233. The first-order valence-corrected chi connectivity index (χ1v) is 8.51. The standard InChI is InChI=1S/C20H23N3O/c1-2-19(24)22-17-13-18(15-9-5-3-6-10-15)20(21-14-17)23-16-11-7-4-8-12-16/h2-3,5-6,9-10,13-14,16H,1,4,7-8,11-12H2,(H,21,23)(H,22,24). The number of hydrogen-bond acceptors (Lipinski definition) is 3. The van der Waals surface area contributed by atoms with E-state index in [2.05, 4.69) is 34.3 Å². The maximum absolute atomic E-state index is 11.6. The molecule has 1 amide bonds. The number of pyridine rings is 1. The Hall–Kier alpha value is -2.62. The molecule has 1 aromatic heterocycles. The van der Waals surface area contributed by atoms with Gasteiger partial charge in [0.15, 0.2) is 0 Å². The van der Waals surface area contributed by atoms with E-state index in [0.29, 0.717) is 11.7 Å².